The molecule has 0 bridgehead atoms. The Morgan fingerprint density at radius 3 is 2.83 bits per heavy atom. The number of ether oxygens (including phenoxy) is 1. The number of methoxy groups -OCH3 is 1. The maximum Gasteiger partial charge on any atom is 0.158 e. The predicted octanol–water partition coefficient (Wildman–Crippen LogP) is 3.27. The van der Waals surface area contributed by atoms with Gasteiger partial charge in [0.15, 0.2) is 5.84 Å². The molecule has 0 spiro atoms. The van der Waals surface area contributed by atoms with E-state index >= 15 is 0 Å². The molecule has 2 aliphatic heterocycles. The molecule has 0 saturated carbocycles. The Kier molecular flexibility index (Phi) is 8.69. The molecule has 4 rings (SSSR count). The minimum Gasteiger partial charge on any atom is -0.389 e. The summed E-state index contributed by atoms with van der Waals surface area (Å²) in [5.41, 5.74) is 2.71. The topological polar surface area (TPSA) is 73.2 Å². The minimum absolute atomic E-state index is 0. The van der Waals surface area contributed by atoms with Crippen LogP contribution in [-0.2, 0) is 11.3 Å². The molecule has 0 radical (unpaired) electrons. The van der Waals surface area contributed by atoms with E-state index in [0.29, 0.717) is 11.0 Å². The van der Waals surface area contributed by atoms with E-state index in [4.69, 9.17) is 9.73 Å². The molecule has 1 fully saturated rings. The first kappa shape index (κ1) is 23.9. The van der Waals surface area contributed by atoms with Gasteiger partial charge in [0.25, 0.3) is 0 Å². The normalized spacial score (nSPS) is 18.4. The lowest BCUT2D eigenvalue weighted by Crippen LogP contribution is -2.53. The van der Waals surface area contributed by atoms with Gasteiger partial charge in [-0.25, -0.2) is 9.98 Å². The smallest absolute Gasteiger partial charge is 0.158 e. The van der Waals surface area contributed by atoms with E-state index in [1.54, 1.807) is 7.11 Å². The summed E-state index contributed by atoms with van der Waals surface area (Å²) < 4.78 is 5.29. The van der Waals surface area contributed by atoms with Gasteiger partial charge in [0.1, 0.15) is 15.7 Å². The standard InChI is InChI=1S/C19H25N5O2S.2ClH/c1-23-8-9-24(11-13(23)7-10-26-2)18-17-19(27-16(12-25)22-17)21-15-6-4-3-5-14(15)20-18;;/h3-6,13,21,25H,7-12H2,1-2H3;2*1H/t13-;;/m0../s1. The minimum atomic E-state index is -0.0620. The van der Waals surface area contributed by atoms with Crippen molar-refractivity contribution in [2.75, 3.05) is 45.7 Å². The van der Waals surface area contributed by atoms with Crippen LogP contribution in [0.1, 0.15) is 17.1 Å². The number of aliphatic hydroxyl groups excluding tert-OH is 1. The summed E-state index contributed by atoms with van der Waals surface area (Å²) in [6.07, 6.45) is 0.984. The summed E-state index contributed by atoms with van der Waals surface area (Å²) in [6, 6.07) is 8.45. The third kappa shape index (κ3) is 5.02. The molecule has 0 unspecified atom stereocenters. The zero-order chi connectivity index (χ0) is 18.8. The van der Waals surface area contributed by atoms with Gasteiger partial charge in [0.05, 0.1) is 18.0 Å². The lowest BCUT2D eigenvalue weighted by Gasteiger charge is -2.40. The summed E-state index contributed by atoms with van der Waals surface area (Å²) in [7, 11) is 3.91. The van der Waals surface area contributed by atoms with Crippen molar-refractivity contribution in [2.24, 2.45) is 4.99 Å². The van der Waals surface area contributed by atoms with Gasteiger partial charge in [0.2, 0.25) is 0 Å². The Bertz CT molecular complexity index is 848. The number of thiazole rings is 1. The van der Waals surface area contributed by atoms with Crippen LogP contribution in [0.4, 0.5) is 16.4 Å². The highest BCUT2D eigenvalue weighted by molar-refractivity contribution is 7.16. The molecule has 2 aromatic rings. The molecule has 1 saturated heterocycles. The fourth-order valence-electron chi connectivity index (χ4n) is 3.56. The lowest BCUT2D eigenvalue weighted by molar-refractivity contribution is 0.100. The first-order valence-electron chi connectivity index (χ1n) is 9.19. The van der Waals surface area contributed by atoms with Gasteiger partial charge in [0, 0.05) is 39.4 Å². The fraction of sp³-hybridized carbons (Fsp3) is 0.474. The number of hydrogen-bond donors (Lipinski definition) is 2. The molecule has 1 aromatic carbocycles. The van der Waals surface area contributed by atoms with Crippen molar-refractivity contribution in [3.05, 3.63) is 35.0 Å². The van der Waals surface area contributed by atoms with Gasteiger partial charge in [-0.1, -0.05) is 23.5 Å². The van der Waals surface area contributed by atoms with Crippen LogP contribution >= 0.6 is 36.2 Å². The Morgan fingerprint density at radius 1 is 1.28 bits per heavy atom. The van der Waals surface area contributed by atoms with Crippen LogP contribution in [-0.4, -0.2) is 72.2 Å². The Hall–Kier alpha value is -1.42. The van der Waals surface area contributed by atoms with Gasteiger partial charge < -0.3 is 20.1 Å². The highest BCUT2D eigenvalue weighted by Crippen LogP contribution is 2.38. The number of para-hydroxylation sites is 2. The quantitative estimate of drug-likeness (QED) is 0.730. The van der Waals surface area contributed by atoms with Gasteiger partial charge in [-0.05, 0) is 25.6 Å². The molecule has 160 valence electrons. The number of aliphatic hydroxyl groups is 1. The largest absolute Gasteiger partial charge is 0.389 e. The van der Waals surface area contributed by atoms with Gasteiger partial charge in [-0.15, -0.1) is 24.8 Å². The number of amidine groups is 1. The van der Waals surface area contributed by atoms with Crippen LogP contribution in [0.15, 0.2) is 29.3 Å². The van der Waals surface area contributed by atoms with Crippen molar-refractivity contribution in [3.8, 4) is 0 Å². The maximum absolute atomic E-state index is 9.57. The molecule has 0 aliphatic carbocycles. The molecule has 10 heteroatoms. The number of fused-ring (bicyclic) bond motifs is 2. The monoisotopic (exact) mass is 459 g/mol. The second-order valence-electron chi connectivity index (χ2n) is 6.88. The molecular weight excluding hydrogens is 433 g/mol. The van der Waals surface area contributed by atoms with E-state index in [1.165, 1.54) is 11.3 Å². The molecule has 1 aromatic heterocycles. The third-order valence-corrected chi connectivity index (χ3v) is 6.08. The first-order chi connectivity index (χ1) is 13.2. The molecule has 3 heterocycles. The van der Waals surface area contributed by atoms with Gasteiger partial charge in [-0.3, -0.25) is 4.90 Å². The molecule has 0 amide bonds. The van der Waals surface area contributed by atoms with Crippen LogP contribution in [0.5, 0.6) is 0 Å². The Morgan fingerprint density at radius 2 is 2.07 bits per heavy atom. The number of nitrogens with zero attached hydrogens (tertiary/aromatic N) is 4. The van der Waals surface area contributed by atoms with Crippen molar-refractivity contribution in [3.63, 3.8) is 0 Å². The van der Waals surface area contributed by atoms with E-state index in [2.05, 4.69) is 27.1 Å². The second kappa shape index (κ2) is 10.6. The summed E-state index contributed by atoms with van der Waals surface area (Å²) >= 11 is 1.49. The van der Waals surface area contributed by atoms with Crippen LogP contribution < -0.4 is 5.32 Å². The van der Waals surface area contributed by atoms with E-state index < -0.39 is 0 Å². The van der Waals surface area contributed by atoms with Gasteiger partial charge >= 0.3 is 0 Å². The van der Waals surface area contributed by atoms with Crippen LogP contribution in [0.3, 0.4) is 0 Å². The fourth-order valence-corrected chi connectivity index (χ4v) is 4.39. The first-order valence-corrected chi connectivity index (χ1v) is 10.0. The highest BCUT2D eigenvalue weighted by Gasteiger charge is 2.31. The molecule has 2 N–H and O–H groups in total. The average molecular weight is 460 g/mol. The molecule has 2 aliphatic rings. The van der Waals surface area contributed by atoms with Crippen molar-refractivity contribution in [1.29, 1.82) is 0 Å². The summed E-state index contributed by atoms with van der Waals surface area (Å²) in [5, 5.41) is 14.7. The molecule has 1 atom stereocenters. The summed E-state index contributed by atoms with van der Waals surface area (Å²) in [6.45, 7) is 3.43. The number of hydrogen-bond acceptors (Lipinski definition) is 8. The highest BCUT2D eigenvalue weighted by atomic mass is 35.5. The van der Waals surface area contributed by atoms with Crippen LogP contribution in [0.2, 0.25) is 0 Å². The van der Waals surface area contributed by atoms with Gasteiger partial charge in [-0.2, -0.15) is 0 Å². The second-order valence-corrected chi connectivity index (χ2v) is 7.97. The molecule has 29 heavy (non-hydrogen) atoms. The number of anilines is 2. The van der Waals surface area contributed by atoms with E-state index in [-0.39, 0.29) is 31.4 Å². The zero-order valence-corrected chi connectivity index (χ0v) is 18.9. The van der Waals surface area contributed by atoms with Crippen LogP contribution in [0, 0.1) is 0 Å². The number of piperazine rings is 1. The number of likely N-dealkylation sites (N-methyl/N-ethyl adjacent to an activating group) is 1. The van der Waals surface area contributed by atoms with E-state index in [1.807, 2.05) is 24.3 Å². The predicted molar refractivity (Wildman–Crippen MR) is 123 cm³/mol. The summed E-state index contributed by atoms with van der Waals surface area (Å²) in [5.74, 6) is 0.883. The number of aromatic nitrogens is 1. The third-order valence-electron chi connectivity index (χ3n) is 5.13. The van der Waals surface area contributed by atoms with E-state index in [0.717, 1.165) is 60.6 Å². The Labute approximate surface area is 187 Å². The molecule has 7 nitrogen and oxygen atoms in total. The zero-order valence-electron chi connectivity index (χ0n) is 16.5. The van der Waals surface area contributed by atoms with Crippen molar-refractivity contribution in [1.82, 2.24) is 14.8 Å². The average Bonchev–Trinajstić information content (AvgIpc) is 3.02. The number of rotatable bonds is 4. The van der Waals surface area contributed by atoms with Crippen molar-refractivity contribution < 1.29 is 9.84 Å². The van der Waals surface area contributed by atoms with Crippen LogP contribution in [0.25, 0.3) is 0 Å². The van der Waals surface area contributed by atoms with Crippen molar-refractivity contribution in [2.45, 2.75) is 19.1 Å². The maximum atomic E-state index is 9.57. The number of benzene rings is 1. The number of halogens is 2. The number of nitrogens with one attached hydrogen (secondary N) is 1. The molecular formula is C19H27Cl2N5O2S. The summed E-state index contributed by atoms with van der Waals surface area (Å²) in [4.78, 5) is 14.4. The Balaban J connectivity index is 0.00000150. The van der Waals surface area contributed by atoms with E-state index in [9.17, 15) is 5.11 Å². The number of aliphatic imine (C=N–C) groups is 1. The SMILES string of the molecule is COCC[C@H]1CN(C2=Nc3ccccc3Nc3sc(CO)nc32)CCN1C.Cl.Cl. The van der Waals surface area contributed by atoms with Crippen molar-refractivity contribution >= 4 is 58.4 Å². The lowest BCUT2D eigenvalue weighted by atomic mass is 10.1.